The Hall–Kier alpha value is -3.35. The van der Waals surface area contributed by atoms with Crippen LogP contribution in [0.2, 0.25) is 0 Å². The summed E-state index contributed by atoms with van der Waals surface area (Å²) in [6.45, 7) is 7.38. The van der Waals surface area contributed by atoms with E-state index in [2.05, 4.69) is 31.4 Å². The van der Waals surface area contributed by atoms with Crippen molar-refractivity contribution in [3.8, 4) is 5.75 Å². The lowest BCUT2D eigenvalue weighted by Crippen LogP contribution is -2.35. The molecule has 0 aromatic heterocycles. The van der Waals surface area contributed by atoms with Gasteiger partial charge in [0.05, 0.1) is 7.11 Å². The van der Waals surface area contributed by atoms with Crippen LogP contribution in [0.1, 0.15) is 43.6 Å². The van der Waals surface area contributed by atoms with Crippen LogP contribution in [0.4, 0.5) is 5.69 Å². The highest BCUT2D eigenvalue weighted by molar-refractivity contribution is 5.97. The summed E-state index contributed by atoms with van der Waals surface area (Å²) in [5.41, 5.74) is 2.06. The summed E-state index contributed by atoms with van der Waals surface area (Å²) in [5, 5.41) is 5.15. The van der Waals surface area contributed by atoms with Crippen molar-refractivity contribution in [2.24, 2.45) is 0 Å². The molecule has 0 aliphatic heterocycles. The smallest absolute Gasteiger partial charge is 0.326 e. The first kappa shape index (κ1) is 22.9. The Balaban J connectivity index is 1.83. The molecule has 0 aliphatic carbocycles. The van der Waals surface area contributed by atoms with Crippen LogP contribution >= 0.6 is 0 Å². The van der Waals surface area contributed by atoms with E-state index in [1.54, 1.807) is 36.4 Å². The standard InChI is InChI=1S/C23H28N2O5/c1-15(21(27)25-18-7-6-8-19(13-18)29-5)30-20(26)14-24-22(28)16-9-11-17(12-10-16)23(2,3)4/h6-13,15H,14H2,1-5H3,(H,24,28)(H,25,27). The zero-order chi connectivity index (χ0) is 22.3. The number of carbonyl (C=O) groups is 3. The van der Waals surface area contributed by atoms with E-state index in [1.807, 2.05) is 12.1 Å². The van der Waals surface area contributed by atoms with Gasteiger partial charge in [-0.1, -0.05) is 39.0 Å². The fraction of sp³-hybridized carbons (Fsp3) is 0.348. The molecule has 0 saturated heterocycles. The minimum absolute atomic E-state index is 0.0135. The average molecular weight is 412 g/mol. The number of rotatable bonds is 7. The number of hydrogen-bond donors (Lipinski definition) is 2. The predicted molar refractivity (Wildman–Crippen MR) is 115 cm³/mol. The molecule has 1 atom stereocenters. The van der Waals surface area contributed by atoms with E-state index in [1.165, 1.54) is 14.0 Å². The van der Waals surface area contributed by atoms with Gasteiger partial charge in [-0.2, -0.15) is 0 Å². The Labute approximate surface area is 176 Å². The van der Waals surface area contributed by atoms with Crippen molar-refractivity contribution in [1.29, 1.82) is 0 Å². The van der Waals surface area contributed by atoms with Gasteiger partial charge in [0.2, 0.25) is 0 Å². The highest BCUT2D eigenvalue weighted by Crippen LogP contribution is 2.22. The van der Waals surface area contributed by atoms with Crippen molar-refractivity contribution in [2.45, 2.75) is 39.2 Å². The number of nitrogens with one attached hydrogen (secondary N) is 2. The van der Waals surface area contributed by atoms with Crippen LogP contribution < -0.4 is 15.4 Å². The van der Waals surface area contributed by atoms with Crippen molar-refractivity contribution < 1.29 is 23.9 Å². The second-order valence-corrected chi connectivity index (χ2v) is 7.86. The number of benzene rings is 2. The fourth-order valence-corrected chi connectivity index (χ4v) is 2.61. The highest BCUT2D eigenvalue weighted by atomic mass is 16.5. The monoisotopic (exact) mass is 412 g/mol. The van der Waals surface area contributed by atoms with Gasteiger partial charge < -0.3 is 20.1 Å². The lowest BCUT2D eigenvalue weighted by atomic mass is 9.87. The molecule has 0 radical (unpaired) electrons. The van der Waals surface area contributed by atoms with E-state index in [0.717, 1.165) is 5.56 Å². The number of methoxy groups -OCH3 is 1. The van der Waals surface area contributed by atoms with E-state index in [9.17, 15) is 14.4 Å². The molecular formula is C23H28N2O5. The van der Waals surface area contributed by atoms with Crippen LogP contribution in [0.5, 0.6) is 5.75 Å². The zero-order valence-corrected chi connectivity index (χ0v) is 17.9. The summed E-state index contributed by atoms with van der Waals surface area (Å²) in [6, 6.07) is 14.0. The van der Waals surface area contributed by atoms with Crippen LogP contribution in [0.3, 0.4) is 0 Å². The Morgan fingerprint density at radius 3 is 2.30 bits per heavy atom. The maximum atomic E-state index is 12.2. The number of carbonyl (C=O) groups excluding carboxylic acids is 3. The number of esters is 1. The molecule has 2 aromatic rings. The molecule has 7 heteroatoms. The number of hydrogen-bond acceptors (Lipinski definition) is 5. The third-order valence-electron chi connectivity index (χ3n) is 4.42. The zero-order valence-electron chi connectivity index (χ0n) is 17.9. The summed E-state index contributed by atoms with van der Waals surface area (Å²) < 4.78 is 10.2. The van der Waals surface area contributed by atoms with E-state index in [-0.39, 0.29) is 17.9 Å². The molecule has 160 valence electrons. The normalized spacial score (nSPS) is 11.9. The van der Waals surface area contributed by atoms with E-state index in [0.29, 0.717) is 17.0 Å². The van der Waals surface area contributed by atoms with Gasteiger partial charge in [0.1, 0.15) is 12.3 Å². The Morgan fingerprint density at radius 2 is 1.70 bits per heavy atom. The Bertz CT molecular complexity index is 901. The average Bonchev–Trinajstić information content (AvgIpc) is 2.71. The first-order valence-electron chi connectivity index (χ1n) is 9.63. The van der Waals surface area contributed by atoms with Crippen molar-refractivity contribution in [3.05, 3.63) is 59.7 Å². The van der Waals surface area contributed by atoms with Crippen LogP contribution in [0, 0.1) is 0 Å². The minimum atomic E-state index is -1.02. The van der Waals surface area contributed by atoms with E-state index in [4.69, 9.17) is 9.47 Å². The van der Waals surface area contributed by atoms with Crippen molar-refractivity contribution in [3.63, 3.8) is 0 Å². The molecule has 2 aromatic carbocycles. The number of amides is 2. The summed E-state index contributed by atoms with van der Waals surface area (Å²) in [4.78, 5) is 36.4. The molecule has 0 aliphatic rings. The molecular weight excluding hydrogens is 384 g/mol. The minimum Gasteiger partial charge on any atom is -0.497 e. The molecule has 0 bridgehead atoms. The SMILES string of the molecule is COc1cccc(NC(=O)C(C)OC(=O)CNC(=O)c2ccc(C(C)(C)C)cc2)c1. The van der Waals surface area contributed by atoms with Gasteiger partial charge in [0.15, 0.2) is 6.10 Å². The summed E-state index contributed by atoms with van der Waals surface area (Å²) in [6.07, 6.45) is -1.02. The van der Waals surface area contributed by atoms with Gasteiger partial charge in [0.25, 0.3) is 11.8 Å². The maximum absolute atomic E-state index is 12.2. The van der Waals surface area contributed by atoms with Crippen LogP contribution in [0.25, 0.3) is 0 Å². The van der Waals surface area contributed by atoms with Gasteiger partial charge in [-0.25, -0.2) is 0 Å². The quantitative estimate of drug-likeness (QED) is 0.681. The molecule has 0 heterocycles. The third-order valence-corrected chi connectivity index (χ3v) is 4.42. The summed E-state index contributed by atoms with van der Waals surface area (Å²) in [7, 11) is 1.53. The fourth-order valence-electron chi connectivity index (χ4n) is 2.61. The van der Waals surface area contributed by atoms with Gasteiger partial charge in [0, 0.05) is 17.3 Å². The number of anilines is 1. The Morgan fingerprint density at radius 1 is 1.03 bits per heavy atom. The second kappa shape index (κ2) is 9.91. The highest BCUT2D eigenvalue weighted by Gasteiger charge is 2.19. The lowest BCUT2D eigenvalue weighted by molar-refractivity contribution is -0.152. The first-order valence-corrected chi connectivity index (χ1v) is 9.63. The van der Waals surface area contributed by atoms with Gasteiger partial charge >= 0.3 is 5.97 Å². The van der Waals surface area contributed by atoms with Crippen molar-refractivity contribution >= 4 is 23.5 Å². The molecule has 0 spiro atoms. The molecule has 2 amide bonds. The molecule has 1 unspecified atom stereocenters. The molecule has 2 rings (SSSR count). The van der Waals surface area contributed by atoms with Gasteiger partial charge in [-0.15, -0.1) is 0 Å². The maximum Gasteiger partial charge on any atom is 0.326 e. The van der Waals surface area contributed by atoms with Crippen molar-refractivity contribution in [1.82, 2.24) is 5.32 Å². The molecule has 7 nitrogen and oxygen atoms in total. The molecule has 2 N–H and O–H groups in total. The van der Waals surface area contributed by atoms with Crippen LogP contribution in [0.15, 0.2) is 48.5 Å². The third kappa shape index (κ3) is 6.62. The molecule has 0 fully saturated rings. The largest absolute Gasteiger partial charge is 0.497 e. The van der Waals surface area contributed by atoms with Crippen molar-refractivity contribution in [2.75, 3.05) is 19.0 Å². The predicted octanol–water partition coefficient (Wildman–Crippen LogP) is 3.29. The summed E-state index contributed by atoms with van der Waals surface area (Å²) >= 11 is 0. The topological polar surface area (TPSA) is 93.7 Å². The first-order chi connectivity index (χ1) is 14.1. The van der Waals surface area contributed by atoms with Crippen LogP contribution in [-0.2, 0) is 19.7 Å². The van der Waals surface area contributed by atoms with E-state index >= 15 is 0 Å². The molecule has 30 heavy (non-hydrogen) atoms. The Kier molecular flexibility index (Phi) is 7.58. The number of ether oxygens (including phenoxy) is 2. The van der Waals surface area contributed by atoms with Gasteiger partial charge in [-0.05, 0) is 42.2 Å². The second-order valence-electron chi connectivity index (χ2n) is 7.86. The summed E-state index contributed by atoms with van der Waals surface area (Å²) in [5.74, 6) is -0.986. The van der Waals surface area contributed by atoms with Crippen LogP contribution in [-0.4, -0.2) is 37.5 Å². The van der Waals surface area contributed by atoms with E-state index < -0.39 is 18.0 Å². The van der Waals surface area contributed by atoms with Gasteiger partial charge in [-0.3, -0.25) is 14.4 Å². The molecule has 0 saturated carbocycles. The lowest BCUT2D eigenvalue weighted by Gasteiger charge is -2.19.